The molecule has 106 valence electrons. The minimum Gasteiger partial charge on any atom is -0.315 e. The van der Waals surface area contributed by atoms with Crippen LogP contribution in [0.1, 0.15) is 17.7 Å². The summed E-state index contributed by atoms with van der Waals surface area (Å²) in [5.41, 5.74) is -1.02. The Hall–Kier alpha value is -1.57. The number of amides is 1. The standard InChI is InChI=1S/C11H15F3N4O/c1-6-7(2)17-18-8(6)16-9(19)10(11(12,13)14)3-4-15-5-10/h15H,3-5H2,1-2H3,(H2,16,17,18,19). The second kappa shape index (κ2) is 4.52. The average Bonchev–Trinajstić information content (AvgIpc) is 2.91. The van der Waals surface area contributed by atoms with Gasteiger partial charge in [0.05, 0.1) is 0 Å². The number of aromatic nitrogens is 2. The van der Waals surface area contributed by atoms with E-state index in [1.807, 2.05) is 0 Å². The zero-order valence-corrected chi connectivity index (χ0v) is 10.6. The summed E-state index contributed by atoms with van der Waals surface area (Å²) in [6.07, 6.45) is -4.84. The number of carbonyl (C=O) groups is 1. The molecule has 0 saturated carbocycles. The average molecular weight is 276 g/mol. The molecule has 19 heavy (non-hydrogen) atoms. The van der Waals surface area contributed by atoms with Gasteiger partial charge in [-0.3, -0.25) is 9.89 Å². The predicted molar refractivity (Wildman–Crippen MR) is 62.7 cm³/mol. The Morgan fingerprint density at radius 3 is 2.53 bits per heavy atom. The van der Waals surface area contributed by atoms with Crippen LogP contribution in [0.5, 0.6) is 0 Å². The maximum atomic E-state index is 13.1. The number of nitrogens with one attached hydrogen (secondary N) is 3. The van der Waals surface area contributed by atoms with Gasteiger partial charge >= 0.3 is 6.18 Å². The molecule has 0 aliphatic carbocycles. The molecule has 3 N–H and O–H groups in total. The summed E-state index contributed by atoms with van der Waals surface area (Å²) in [4.78, 5) is 12.0. The minimum absolute atomic E-state index is 0.151. The fourth-order valence-corrected chi connectivity index (χ4v) is 2.09. The molecule has 1 aliphatic rings. The number of anilines is 1. The smallest absolute Gasteiger partial charge is 0.315 e. The van der Waals surface area contributed by atoms with Gasteiger partial charge in [-0.05, 0) is 26.8 Å². The van der Waals surface area contributed by atoms with Crippen LogP contribution < -0.4 is 10.6 Å². The van der Waals surface area contributed by atoms with Gasteiger partial charge in [0.15, 0.2) is 11.2 Å². The van der Waals surface area contributed by atoms with Crippen molar-refractivity contribution in [3.8, 4) is 0 Å². The van der Waals surface area contributed by atoms with E-state index in [2.05, 4.69) is 20.8 Å². The van der Waals surface area contributed by atoms with Gasteiger partial charge in [-0.15, -0.1) is 0 Å². The first-order valence-corrected chi connectivity index (χ1v) is 5.88. The lowest BCUT2D eigenvalue weighted by Crippen LogP contribution is -2.49. The van der Waals surface area contributed by atoms with Crippen LogP contribution in [0.15, 0.2) is 0 Å². The molecule has 0 spiro atoms. The predicted octanol–water partition coefficient (Wildman–Crippen LogP) is 1.51. The maximum absolute atomic E-state index is 13.1. The van der Waals surface area contributed by atoms with Crippen molar-refractivity contribution in [2.45, 2.75) is 26.4 Å². The lowest BCUT2D eigenvalue weighted by molar-refractivity contribution is -0.213. The fraction of sp³-hybridized carbons (Fsp3) is 0.636. The summed E-state index contributed by atoms with van der Waals surface area (Å²) < 4.78 is 39.4. The van der Waals surface area contributed by atoms with E-state index in [4.69, 9.17) is 0 Å². The SMILES string of the molecule is Cc1[nH]nc(NC(=O)C2(C(F)(F)F)CCNC2)c1C. The van der Waals surface area contributed by atoms with Crippen molar-refractivity contribution < 1.29 is 18.0 Å². The normalized spacial score (nSPS) is 23.6. The van der Waals surface area contributed by atoms with Gasteiger partial charge in [0, 0.05) is 17.8 Å². The summed E-state index contributed by atoms with van der Waals surface area (Å²) >= 11 is 0. The summed E-state index contributed by atoms with van der Waals surface area (Å²) in [6, 6.07) is 0. The van der Waals surface area contributed by atoms with Crippen LogP contribution >= 0.6 is 0 Å². The van der Waals surface area contributed by atoms with E-state index < -0.39 is 24.0 Å². The van der Waals surface area contributed by atoms with Crippen molar-refractivity contribution in [1.29, 1.82) is 0 Å². The largest absolute Gasteiger partial charge is 0.404 e. The number of aromatic amines is 1. The number of halogens is 3. The molecule has 2 heterocycles. The van der Waals surface area contributed by atoms with E-state index in [0.29, 0.717) is 11.3 Å². The van der Waals surface area contributed by atoms with Crippen LogP contribution in [-0.4, -0.2) is 35.4 Å². The van der Waals surface area contributed by atoms with Crippen LogP contribution in [0.3, 0.4) is 0 Å². The quantitative estimate of drug-likeness (QED) is 0.767. The first-order valence-electron chi connectivity index (χ1n) is 5.88. The van der Waals surface area contributed by atoms with Gasteiger partial charge in [-0.25, -0.2) is 0 Å². The molecule has 1 amide bonds. The first-order chi connectivity index (χ1) is 8.78. The third-order valence-electron chi connectivity index (χ3n) is 3.62. The van der Waals surface area contributed by atoms with Gasteiger partial charge in [-0.1, -0.05) is 0 Å². The molecular weight excluding hydrogens is 261 g/mol. The Bertz CT molecular complexity index is 489. The van der Waals surface area contributed by atoms with E-state index in [1.54, 1.807) is 13.8 Å². The van der Waals surface area contributed by atoms with Crippen molar-refractivity contribution in [2.24, 2.45) is 5.41 Å². The van der Waals surface area contributed by atoms with Gasteiger partial charge in [0.1, 0.15) is 0 Å². The second-order valence-electron chi connectivity index (χ2n) is 4.78. The van der Waals surface area contributed by atoms with Crippen molar-refractivity contribution in [3.05, 3.63) is 11.3 Å². The van der Waals surface area contributed by atoms with Gasteiger partial charge in [0.2, 0.25) is 5.91 Å². The van der Waals surface area contributed by atoms with Crippen LogP contribution in [0.2, 0.25) is 0 Å². The summed E-state index contributed by atoms with van der Waals surface area (Å²) in [6.45, 7) is 3.19. The second-order valence-corrected chi connectivity index (χ2v) is 4.78. The molecule has 1 fully saturated rings. The maximum Gasteiger partial charge on any atom is 0.404 e. The van der Waals surface area contributed by atoms with E-state index >= 15 is 0 Å². The Labute approximate surface area is 108 Å². The van der Waals surface area contributed by atoms with Crippen LogP contribution in [0.25, 0.3) is 0 Å². The van der Waals surface area contributed by atoms with E-state index in [9.17, 15) is 18.0 Å². The zero-order valence-electron chi connectivity index (χ0n) is 10.6. The van der Waals surface area contributed by atoms with Gasteiger partial charge < -0.3 is 10.6 Å². The number of alkyl halides is 3. The van der Waals surface area contributed by atoms with Crippen LogP contribution in [0, 0.1) is 19.3 Å². The van der Waals surface area contributed by atoms with E-state index in [0.717, 1.165) is 0 Å². The number of H-pyrrole nitrogens is 1. The molecule has 2 rings (SSSR count). The lowest BCUT2D eigenvalue weighted by atomic mass is 9.85. The van der Waals surface area contributed by atoms with E-state index in [-0.39, 0.29) is 18.8 Å². The van der Waals surface area contributed by atoms with Crippen molar-refractivity contribution in [3.63, 3.8) is 0 Å². The first kappa shape index (κ1) is 13.9. The molecular formula is C11H15F3N4O. The molecule has 1 aromatic heterocycles. The number of carbonyl (C=O) groups excluding carboxylic acids is 1. The summed E-state index contributed by atoms with van der Waals surface area (Å²) in [5, 5.41) is 11.3. The number of hydrogen-bond acceptors (Lipinski definition) is 3. The molecule has 1 unspecified atom stereocenters. The molecule has 1 aromatic rings. The topological polar surface area (TPSA) is 69.8 Å². The molecule has 0 aromatic carbocycles. The molecule has 1 atom stereocenters. The van der Waals surface area contributed by atoms with E-state index in [1.165, 1.54) is 0 Å². The lowest BCUT2D eigenvalue weighted by Gasteiger charge is -2.29. The third-order valence-corrected chi connectivity index (χ3v) is 3.62. The Kier molecular flexibility index (Phi) is 3.29. The highest BCUT2D eigenvalue weighted by molar-refractivity contribution is 5.96. The molecule has 8 heteroatoms. The zero-order chi connectivity index (χ0) is 14.3. The van der Waals surface area contributed by atoms with Crippen LogP contribution in [0.4, 0.5) is 19.0 Å². The highest BCUT2D eigenvalue weighted by Crippen LogP contribution is 2.43. The molecule has 5 nitrogen and oxygen atoms in total. The third kappa shape index (κ3) is 2.20. The number of nitrogens with zero attached hydrogens (tertiary/aromatic N) is 1. The van der Waals surface area contributed by atoms with Crippen molar-refractivity contribution >= 4 is 11.7 Å². The monoisotopic (exact) mass is 276 g/mol. The fourth-order valence-electron chi connectivity index (χ4n) is 2.09. The number of hydrogen-bond donors (Lipinski definition) is 3. The minimum atomic E-state index is -4.58. The highest BCUT2D eigenvalue weighted by Gasteiger charge is 2.61. The van der Waals surface area contributed by atoms with Gasteiger partial charge in [-0.2, -0.15) is 18.3 Å². The van der Waals surface area contributed by atoms with Crippen LogP contribution in [-0.2, 0) is 4.79 Å². The van der Waals surface area contributed by atoms with Crippen molar-refractivity contribution in [1.82, 2.24) is 15.5 Å². The molecule has 1 aliphatic heterocycles. The molecule has 0 bridgehead atoms. The Balaban J connectivity index is 2.25. The summed E-state index contributed by atoms with van der Waals surface area (Å²) in [5.74, 6) is -0.905. The van der Waals surface area contributed by atoms with Gasteiger partial charge in [0.25, 0.3) is 0 Å². The summed E-state index contributed by atoms with van der Waals surface area (Å²) in [7, 11) is 0. The Morgan fingerprint density at radius 2 is 2.11 bits per heavy atom. The Morgan fingerprint density at radius 1 is 1.42 bits per heavy atom. The number of aryl methyl sites for hydroxylation is 1. The molecule has 1 saturated heterocycles. The highest BCUT2D eigenvalue weighted by atomic mass is 19.4. The van der Waals surface area contributed by atoms with Crippen molar-refractivity contribution in [2.75, 3.05) is 18.4 Å². The number of rotatable bonds is 2. The molecule has 0 radical (unpaired) electrons.